The third-order valence-corrected chi connectivity index (χ3v) is 30.2. The fourth-order valence-corrected chi connectivity index (χ4v) is 27.7. The van der Waals surface area contributed by atoms with E-state index < -0.39 is 16.9 Å². The SMILES string of the molecule is C=CC1C[Si](C=C)(c2cccc3cc4ccc5cc6cc7ccccc7cc6cc5c4cc23)[SiH2][SiH2]O1. The molecule has 0 spiro atoms. The van der Waals surface area contributed by atoms with Crippen LogP contribution >= 0.6 is 0 Å². The largest absolute Gasteiger partial charge is 0.422 e. The van der Waals surface area contributed by atoms with Gasteiger partial charge in [-0.05, 0) is 96.3 Å². The van der Waals surface area contributed by atoms with Gasteiger partial charge in [-0.3, -0.25) is 0 Å². The molecule has 0 saturated carbocycles. The summed E-state index contributed by atoms with van der Waals surface area (Å²) in [4.78, 5) is 0. The summed E-state index contributed by atoms with van der Waals surface area (Å²) < 4.78 is 6.19. The van der Waals surface area contributed by atoms with Crippen LogP contribution in [-0.4, -0.2) is 31.5 Å². The third-order valence-electron chi connectivity index (χ3n) is 8.29. The van der Waals surface area contributed by atoms with Crippen molar-refractivity contribution < 1.29 is 4.43 Å². The molecule has 1 aliphatic rings. The van der Waals surface area contributed by atoms with Crippen molar-refractivity contribution >= 4 is 84.5 Å². The Balaban J connectivity index is 1.51. The molecule has 7 rings (SSSR count). The first-order valence-corrected chi connectivity index (χ1v) is 22.0. The summed E-state index contributed by atoms with van der Waals surface area (Å²) in [6.45, 7) is 8.47. The minimum absolute atomic E-state index is 0.209. The van der Waals surface area contributed by atoms with Gasteiger partial charge in [0.1, 0.15) is 9.28 Å². The highest BCUT2D eigenvalue weighted by atomic mass is 29.6. The second kappa shape index (κ2) is 8.39. The smallest absolute Gasteiger partial charge is 0.142 e. The van der Waals surface area contributed by atoms with E-state index in [1.165, 1.54) is 53.9 Å². The van der Waals surface area contributed by atoms with Crippen LogP contribution in [0.5, 0.6) is 0 Å². The molecule has 6 aromatic rings. The van der Waals surface area contributed by atoms with Gasteiger partial charge in [-0.1, -0.05) is 71.6 Å². The molecule has 1 fully saturated rings. The molecule has 36 heavy (non-hydrogen) atoms. The zero-order chi connectivity index (χ0) is 24.3. The van der Waals surface area contributed by atoms with E-state index in [9.17, 15) is 0 Å². The molecule has 1 aliphatic heterocycles. The van der Waals surface area contributed by atoms with Crippen molar-refractivity contribution in [2.45, 2.75) is 12.1 Å². The van der Waals surface area contributed by atoms with Crippen LogP contribution in [0.1, 0.15) is 0 Å². The summed E-state index contributed by atoms with van der Waals surface area (Å²) in [5, 5.41) is 14.8. The Labute approximate surface area is 216 Å². The predicted octanol–water partition coefficient (Wildman–Crippen LogP) is 6.08. The van der Waals surface area contributed by atoms with Crippen LogP contribution in [0.2, 0.25) is 6.04 Å². The van der Waals surface area contributed by atoms with Crippen LogP contribution in [0, 0.1) is 0 Å². The normalized spacial score (nSPS) is 21.7. The average molecular weight is 513 g/mol. The van der Waals surface area contributed by atoms with Crippen LogP contribution in [0.15, 0.2) is 116 Å². The van der Waals surface area contributed by atoms with E-state index in [0.717, 1.165) is 6.04 Å². The summed E-state index contributed by atoms with van der Waals surface area (Å²) in [6, 6.07) is 35.6. The van der Waals surface area contributed by atoms with Gasteiger partial charge in [0.15, 0.2) is 0 Å². The lowest BCUT2D eigenvalue weighted by Gasteiger charge is -2.37. The molecular weight excluding hydrogens is 485 g/mol. The van der Waals surface area contributed by atoms with Crippen molar-refractivity contribution in [1.82, 2.24) is 0 Å². The first-order chi connectivity index (χ1) is 17.7. The van der Waals surface area contributed by atoms with Gasteiger partial charge in [-0.15, -0.1) is 13.2 Å². The van der Waals surface area contributed by atoms with Gasteiger partial charge in [0.25, 0.3) is 0 Å². The Morgan fingerprint density at radius 2 is 1.28 bits per heavy atom. The third kappa shape index (κ3) is 3.37. The van der Waals surface area contributed by atoms with E-state index in [0.29, 0.717) is 0 Å². The summed E-state index contributed by atoms with van der Waals surface area (Å²) in [5.74, 6) is 0. The fraction of sp³-hybridized carbons (Fsp3) is 0.0625. The standard InChI is InChI=1S/C32H28OSi3/c1-3-28-20-36(4-2,35-34-33-28)32-11-7-10-23-16-24-12-13-25-17-26-14-21-8-5-6-9-22(21)15-27(26)18-29(25)30(24)19-31(23)32/h3-19,28H,1-2,20,34-35H2. The molecule has 2 atom stereocenters. The Kier molecular flexibility index (Phi) is 5.11. The van der Waals surface area contributed by atoms with Crippen molar-refractivity contribution in [3.63, 3.8) is 0 Å². The van der Waals surface area contributed by atoms with Gasteiger partial charge in [-0.25, -0.2) is 0 Å². The summed E-state index contributed by atoms with van der Waals surface area (Å²) in [6.07, 6.45) is 2.23. The zero-order valence-electron chi connectivity index (χ0n) is 20.3. The molecule has 0 amide bonds. The molecule has 1 heterocycles. The molecule has 0 aliphatic carbocycles. The van der Waals surface area contributed by atoms with E-state index in [1.807, 2.05) is 6.08 Å². The van der Waals surface area contributed by atoms with E-state index >= 15 is 0 Å². The quantitative estimate of drug-likeness (QED) is 0.121. The number of hydrogen-bond acceptors (Lipinski definition) is 1. The van der Waals surface area contributed by atoms with Crippen LogP contribution in [0.25, 0.3) is 53.9 Å². The van der Waals surface area contributed by atoms with E-state index in [2.05, 4.69) is 110 Å². The van der Waals surface area contributed by atoms with Gasteiger partial charge in [0.2, 0.25) is 0 Å². The monoisotopic (exact) mass is 512 g/mol. The number of benzene rings is 6. The minimum Gasteiger partial charge on any atom is -0.422 e. The summed E-state index contributed by atoms with van der Waals surface area (Å²) in [7, 11) is -2.44. The van der Waals surface area contributed by atoms with Crippen molar-refractivity contribution in [3.8, 4) is 0 Å². The summed E-state index contributed by atoms with van der Waals surface area (Å²) in [5.41, 5.74) is 2.38. The highest BCUT2D eigenvalue weighted by molar-refractivity contribution is 7.49. The predicted molar refractivity (Wildman–Crippen MR) is 167 cm³/mol. The zero-order valence-corrected chi connectivity index (χ0v) is 24.2. The van der Waals surface area contributed by atoms with Gasteiger partial charge in [0.05, 0.1) is 13.7 Å². The van der Waals surface area contributed by atoms with E-state index in [-0.39, 0.29) is 14.7 Å². The Morgan fingerprint density at radius 1 is 0.667 bits per heavy atom. The molecule has 174 valence electrons. The number of fused-ring (bicyclic) bond motifs is 6. The number of hydrogen-bond donors (Lipinski definition) is 0. The van der Waals surface area contributed by atoms with Crippen LogP contribution in [-0.2, 0) is 4.43 Å². The average Bonchev–Trinajstić information content (AvgIpc) is 2.93. The minimum atomic E-state index is -1.74. The van der Waals surface area contributed by atoms with Crippen molar-refractivity contribution in [2.75, 3.05) is 0 Å². The number of rotatable bonds is 3. The first kappa shape index (κ1) is 22.0. The first-order valence-electron chi connectivity index (χ1n) is 12.8. The fourth-order valence-electron chi connectivity index (χ4n) is 6.31. The highest BCUT2D eigenvalue weighted by Crippen LogP contribution is 2.34. The van der Waals surface area contributed by atoms with Crippen molar-refractivity contribution in [3.05, 3.63) is 116 Å². The lowest BCUT2D eigenvalue weighted by atomic mass is 9.95. The molecule has 0 aromatic heterocycles. The molecule has 1 saturated heterocycles. The molecule has 0 radical (unpaired) electrons. The Hall–Kier alpha value is -3.29. The maximum absolute atomic E-state index is 6.19. The molecule has 1 nitrogen and oxygen atoms in total. The lowest BCUT2D eigenvalue weighted by Crippen LogP contribution is -2.60. The molecule has 0 bridgehead atoms. The molecule has 0 N–H and O–H groups in total. The second-order valence-corrected chi connectivity index (χ2v) is 26.2. The highest BCUT2D eigenvalue weighted by Gasteiger charge is 2.39. The van der Waals surface area contributed by atoms with Crippen molar-refractivity contribution in [1.29, 1.82) is 0 Å². The topological polar surface area (TPSA) is 9.23 Å². The summed E-state index contributed by atoms with van der Waals surface area (Å²) >= 11 is 0. The molecule has 4 heteroatoms. The van der Waals surface area contributed by atoms with E-state index in [1.54, 1.807) is 5.19 Å². The molecular formula is C32H28OSi3. The molecule has 2 unspecified atom stereocenters. The van der Waals surface area contributed by atoms with Gasteiger partial charge >= 0.3 is 0 Å². The maximum Gasteiger partial charge on any atom is 0.142 e. The lowest BCUT2D eigenvalue weighted by molar-refractivity contribution is 0.290. The van der Waals surface area contributed by atoms with Gasteiger partial charge in [-0.2, -0.15) is 0 Å². The van der Waals surface area contributed by atoms with Crippen LogP contribution < -0.4 is 5.19 Å². The van der Waals surface area contributed by atoms with Crippen molar-refractivity contribution in [2.24, 2.45) is 0 Å². The van der Waals surface area contributed by atoms with Gasteiger partial charge < -0.3 is 4.43 Å². The molecule has 6 aromatic carbocycles. The van der Waals surface area contributed by atoms with E-state index in [4.69, 9.17) is 4.43 Å². The Bertz CT molecular complexity index is 1860. The maximum atomic E-state index is 6.19. The second-order valence-electron chi connectivity index (χ2n) is 10.2. The van der Waals surface area contributed by atoms with Gasteiger partial charge in [0, 0.05) is 8.55 Å². The Morgan fingerprint density at radius 3 is 2.00 bits per heavy atom. The van der Waals surface area contributed by atoms with Crippen LogP contribution in [0.3, 0.4) is 0 Å². The van der Waals surface area contributed by atoms with Crippen LogP contribution in [0.4, 0.5) is 0 Å².